The zero-order valence-electron chi connectivity index (χ0n) is 9.27. The fourth-order valence-corrected chi connectivity index (χ4v) is 1.98. The molecular weight excluding hydrogens is 218 g/mol. The van der Waals surface area contributed by atoms with Gasteiger partial charge in [0, 0.05) is 10.9 Å². The Labute approximate surface area is 98.2 Å². The van der Waals surface area contributed by atoms with Crippen molar-refractivity contribution < 1.29 is 14.6 Å². The first-order valence-electron chi connectivity index (χ1n) is 5.75. The lowest BCUT2D eigenvalue weighted by Crippen LogP contribution is -2.24. The molecule has 4 nitrogen and oxygen atoms in total. The lowest BCUT2D eigenvalue weighted by Gasteiger charge is -2.26. The van der Waals surface area contributed by atoms with E-state index in [-0.39, 0.29) is 5.69 Å². The molecule has 0 aliphatic heterocycles. The van der Waals surface area contributed by atoms with Gasteiger partial charge in [0.2, 0.25) is 0 Å². The molecule has 0 unspecified atom stereocenters. The van der Waals surface area contributed by atoms with Crippen LogP contribution in [0.5, 0.6) is 5.75 Å². The number of fused-ring (bicyclic) bond motifs is 1. The number of benzene rings is 1. The number of aromatic amines is 1. The molecule has 2 N–H and O–H groups in total. The van der Waals surface area contributed by atoms with Crippen LogP contribution in [0.1, 0.15) is 29.8 Å². The minimum absolute atomic E-state index is 0.209. The van der Waals surface area contributed by atoms with Crippen molar-refractivity contribution in [3.63, 3.8) is 0 Å². The molecule has 88 valence electrons. The summed E-state index contributed by atoms with van der Waals surface area (Å²) in [5, 5.41) is 9.76. The van der Waals surface area contributed by atoms with Crippen molar-refractivity contribution in [2.24, 2.45) is 0 Å². The molecule has 0 spiro atoms. The summed E-state index contributed by atoms with van der Waals surface area (Å²) in [4.78, 5) is 13.7. The highest BCUT2D eigenvalue weighted by Gasteiger charge is 2.19. The first kappa shape index (κ1) is 10.2. The summed E-state index contributed by atoms with van der Waals surface area (Å²) in [6.07, 6.45) is 3.81. The van der Waals surface area contributed by atoms with E-state index in [1.165, 1.54) is 6.42 Å². The van der Waals surface area contributed by atoms with Crippen molar-refractivity contribution in [3.8, 4) is 5.75 Å². The Kier molecular flexibility index (Phi) is 2.28. The number of hydrogen-bond donors (Lipinski definition) is 2. The molecule has 1 aromatic carbocycles. The average molecular weight is 231 g/mol. The van der Waals surface area contributed by atoms with Crippen LogP contribution < -0.4 is 4.74 Å². The predicted octanol–water partition coefficient (Wildman–Crippen LogP) is 2.80. The summed E-state index contributed by atoms with van der Waals surface area (Å²) in [5.41, 5.74) is 1.03. The molecule has 2 aromatic rings. The normalized spacial score (nSPS) is 15.8. The monoisotopic (exact) mass is 231 g/mol. The van der Waals surface area contributed by atoms with Gasteiger partial charge in [0.25, 0.3) is 0 Å². The Balaban J connectivity index is 1.91. The first-order valence-corrected chi connectivity index (χ1v) is 5.75. The van der Waals surface area contributed by atoms with E-state index in [1.807, 2.05) is 18.2 Å². The SMILES string of the molecule is O=C(O)c1cc2cc(OC3CCC3)ccc2[nH]1. The van der Waals surface area contributed by atoms with E-state index < -0.39 is 5.97 Å². The standard InChI is InChI=1S/C13H13NO3/c15-13(16)12-7-8-6-10(4-5-11(8)14-12)17-9-2-1-3-9/h4-7,9,14H,1-3H2,(H,15,16). The van der Waals surface area contributed by atoms with Crippen LogP contribution in [0.2, 0.25) is 0 Å². The van der Waals surface area contributed by atoms with Gasteiger partial charge in [0.15, 0.2) is 0 Å². The van der Waals surface area contributed by atoms with Crippen molar-refractivity contribution in [1.29, 1.82) is 0 Å². The fraction of sp³-hybridized carbons (Fsp3) is 0.308. The second-order valence-electron chi connectivity index (χ2n) is 4.41. The van der Waals surface area contributed by atoms with Gasteiger partial charge in [0.05, 0.1) is 6.10 Å². The molecule has 1 aromatic heterocycles. The maximum atomic E-state index is 10.8. The third-order valence-electron chi connectivity index (χ3n) is 3.18. The number of aromatic nitrogens is 1. The van der Waals surface area contributed by atoms with Crippen LogP contribution in [-0.4, -0.2) is 22.2 Å². The zero-order valence-corrected chi connectivity index (χ0v) is 9.27. The third-order valence-corrected chi connectivity index (χ3v) is 3.18. The van der Waals surface area contributed by atoms with Gasteiger partial charge in [-0.3, -0.25) is 0 Å². The molecule has 3 rings (SSSR count). The van der Waals surface area contributed by atoms with Crippen molar-refractivity contribution in [2.75, 3.05) is 0 Å². The second-order valence-corrected chi connectivity index (χ2v) is 4.41. The Bertz CT molecular complexity index is 569. The van der Waals surface area contributed by atoms with Crippen LogP contribution in [0.25, 0.3) is 10.9 Å². The summed E-state index contributed by atoms with van der Waals surface area (Å²) in [7, 11) is 0. The van der Waals surface area contributed by atoms with Crippen molar-refractivity contribution in [2.45, 2.75) is 25.4 Å². The van der Waals surface area contributed by atoms with Crippen LogP contribution in [0.3, 0.4) is 0 Å². The number of nitrogens with one attached hydrogen (secondary N) is 1. The molecule has 1 fully saturated rings. The third kappa shape index (κ3) is 1.86. The quantitative estimate of drug-likeness (QED) is 0.853. The van der Waals surface area contributed by atoms with Crippen LogP contribution in [0.4, 0.5) is 0 Å². The van der Waals surface area contributed by atoms with Gasteiger partial charge >= 0.3 is 5.97 Å². The van der Waals surface area contributed by atoms with Gasteiger partial charge in [-0.1, -0.05) is 0 Å². The first-order chi connectivity index (χ1) is 8.22. The minimum atomic E-state index is -0.942. The molecule has 0 atom stereocenters. The van der Waals surface area contributed by atoms with E-state index in [1.54, 1.807) is 6.07 Å². The number of hydrogen-bond acceptors (Lipinski definition) is 2. The smallest absolute Gasteiger partial charge is 0.352 e. The maximum absolute atomic E-state index is 10.8. The molecule has 4 heteroatoms. The highest BCUT2D eigenvalue weighted by molar-refractivity contribution is 5.94. The number of aromatic carboxylic acids is 1. The van der Waals surface area contributed by atoms with Crippen molar-refractivity contribution >= 4 is 16.9 Å². The van der Waals surface area contributed by atoms with E-state index in [2.05, 4.69) is 4.98 Å². The van der Waals surface area contributed by atoms with Crippen LogP contribution >= 0.6 is 0 Å². The van der Waals surface area contributed by atoms with Crippen molar-refractivity contribution in [1.82, 2.24) is 4.98 Å². The summed E-state index contributed by atoms with van der Waals surface area (Å²) in [5.74, 6) is -0.124. The van der Waals surface area contributed by atoms with Gasteiger partial charge in [0.1, 0.15) is 11.4 Å². The topological polar surface area (TPSA) is 62.3 Å². The molecule has 17 heavy (non-hydrogen) atoms. The van der Waals surface area contributed by atoms with E-state index in [4.69, 9.17) is 9.84 Å². The Morgan fingerprint density at radius 1 is 1.35 bits per heavy atom. The Morgan fingerprint density at radius 2 is 2.18 bits per heavy atom. The fourth-order valence-electron chi connectivity index (χ4n) is 1.98. The van der Waals surface area contributed by atoms with E-state index in [0.29, 0.717) is 6.10 Å². The van der Waals surface area contributed by atoms with Gasteiger partial charge < -0.3 is 14.8 Å². The number of ether oxygens (including phenoxy) is 1. The molecule has 0 radical (unpaired) electrons. The summed E-state index contributed by atoms with van der Waals surface area (Å²) < 4.78 is 5.77. The van der Waals surface area contributed by atoms with Gasteiger partial charge in [-0.05, 0) is 43.5 Å². The highest BCUT2D eigenvalue weighted by atomic mass is 16.5. The number of carboxylic acids is 1. The summed E-state index contributed by atoms with van der Waals surface area (Å²) in [6.45, 7) is 0. The van der Waals surface area contributed by atoms with Gasteiger partial charge in [-0.25, -0.2) is 4.79 Å². The summed E-state index contributed by atoms with van der Waals surface area (Å²) >= 11 is 0. The predicted molar refractivity (Wildman–Crippen MR) is 63.5 cm³/mol. The van der Waals surface area contributed by atoms with Crippen LogP contribution in [-0.2, 0) is 0 Å². The van der Waals surface area contributed by atoms with E-state index in [9.17, 15) is 4.79 Å². The van der Waals surface area contributed by atoms with Crippen LogP contribution in [0, 0.1) is 0 Å². The second kappa shape index (κ2) is 3.80. The number of carboxylic acid groups (broad SMARTS) is 1. The van der Waals surface area contributed by atoms with E-state index in [0.717, 1.165) is 29.5 Å². The number of rotatable bonds is 3. The number of H-pyrrole nitrogens is 1. The van der Waals surface area contributed by atoms with Crippen molar-refractivity contribution in [3.05, 3.63) is 30.0 Å². The molecule has 1 heterocycles. The lowest BCUT2D eigenvalue weighted by molar-refractivity contribution is 0.0691. The molecule has 1 aliphatic carbocycles. The number of carbonyl (C=O) groups is 1. The molecule has 0 saturated heterocycles. The highest BCUT2D eigenvalue weighted by Crippen LogP contribution is 2.27. The maximum Gasteiger partial charge on any atom is 0.352 e. The molecular formula is C13H13NO3. The van der Waals surface area contributed by atoms with Gasteiger partial charge in [-0.2, -0.15) is 0 Å². The zero-order chi connectivity index (χ0) is 11.8. The van der Waals surface area contributed by atoms with Crippen LogP contribution in [0.15, 0.2) is 24.3 Å². The molecule has 1 saturated carbocycles. The summed E-state index contributed by atoms with van der Waals surface area (Å²) in [6, 6.07) is 7.25. The Morgan fingerprint density at radius 3 is 2.82 bits per heavy atom. The molecule has 0 amide bonds. The Hall–Kier alpha value is -1.97. The largest absolute Gasteiger partial charge is 0.490 e. The average Bonchev–Trinajstić information content (AvgIpc) is 2.66. The van der Waals surface area contributed by atoms with E-state index >= 15 is 0 Å². The van der Waals surface area contributed by atoms with Gasteiger partial charge in [-0.15, -0.1) is 0 Å². The molecule has 1 aliphatic rings. The minimum Gasteiger partial charge on any atom is -0.490 e. The molecule has 0 bridgehead atoms. The lowest BCUT2D eigenvalue weighted by atomic mass is 9.96.